The molecule has 1 fully saturated rings. The maximum Gasteiger partial charge on any atom is 0.415 e. The second kappa shape index (κ2) is 9.39. The van der Waals surface area contributed by atoms with Gasteiger partial charge in [0.2, 0.25) is 5.60 Å². The van der Waals surface area contributed by atoms with Gasteiger partial charge < -0.3 is 14.2 Å². The van der Waals surface area contributed by atoms with Crippen LogP contribution in [0.3, 0.4) is 0 Å². The van der Waals surface area contributed by atoms with Gasteiger partial charge in [-0.1, -0.05) is 25.5 Å². The molecule has 7 nitrogen and oxygen atoms in total. The number of nitrogens with one attached hydrogen (secondary N) is 1. The van der Waals surface area contributed by atoms with Gasteiger partial charge in [-0.3, -0.25) is 14.9 Å². The van der Waals surface area contributed by atoms with Gasteiger partial charge in [-0.25, -0.2) is 4.79 Å². The number of carbonyl (C=O) groups excluding carboxylic acids is 3. The van der Waals surface area contributed by atoms with Crippen LogP contribution in [0.1, 0.15) is 47.3 Å². The van der Waals surface area contributed by atoms with Crippen LogP contribution in [0.15, 0.2) is 66.7 Å². The van der Waals surface area contributed by atoms with Gasteiger partial charge in [0.25, 0.3) is 5.91 Å². The van der Waals surface area contributed by atoms with Crippen molar-refractivity contribution in [1.82, 2.24) is 5.32 Å². The van der Waals surface area contributed by atoms with Gasteiger partial charge >= 0.3 is 6.09 Å². The number of hydrogen-bond acceptors (Lipinski definition) is 6. The predicted octanol–water partition coefficient (Wildman–Crippen LogP) is 5.15. The first-order valence-electron chi connectivity index (χ1n) is 11.0. The number of alkyl carbamates (subject to hydrolysis) is 1. The van der Waals surface area contributed by atoms with Gasteiger partial charge in [0.15, 0.2) is 5.78 Å². The topological polar surface area (TPSA) is 90.9 Å². The van der Waals surface area contributed by atoms with Gasteiger partial charge in [0, 0.05) is 16.7 Å². The quantitative estimate of drug-likeness (QED) is 0.469. The van der Waals surface area contributed by atoms with E-state index in [0.29, 0.717) is 33.9 Å². The molecule has 0 aromatic heterocycles. The molecule has 1 heterocycles. The van der Waals surface area contributed by atoms with Gasteiger partial charge in [-0.15, -0.1) is 0 Å². The summed E-state index contributed by atoms with van der Waals surface area (Å²) in [6.07, 6.45) is 0.808. The van der Waals surface area contributed by atoms with Crippen molar-refractivity contribution >= 4 is 17.8 Å². The zero-order valence-electron chi connectivity index (χ0n) is 19.2. The second-order valence-electron chi connectivity index (χ2n) is 8.14. The zero-order chi connectivity index (χ0) is 24.3. The minimum Gasteiger partial charge on any atom is -0.497 e. The van der Waals surface area contributed by atoms with E-state index < -0.39 is 17.6 Å². The third-order valence-corrected chi connectivity index (χ3v) is 5.75. The smallest absolute Gasteiger partial charge is 0.415 e. The molecule has 2 amide bonds. The largest absolute Gasteiger partial charge is 0.497 e. The number of ether oxygens (including phenoxy) is 3. The van der Waals surface area contributed by atoms with Crippen LogP contribution in [-0.4, -0.2) is 24.9 Å². The highest BCUT2D eigenvalue weighted by Crippen LogP contribution is 2.34. The molecule has 1 saturated heterocycles. The van der Waals surface area contributed by atoms with Crippen LogP contribution in [0.4, 0.5) is 4.79 Å². The van der Waals surface area contributed by atoms with Crippen molar-refractivity contribution in [1.29, 1.82) is 0 Å². The molecule has 0 radical (unpaired) electrons. The van der Waals surface area contributed by atoms with E-state index in [-0.39, 0.29) is 5.78 Å². The Balaban J connectivity index is 1.61. The minimum absolute atomic E-state index is 0.0875. The maximum absolute atomic E-state index is 13.0. The molecule has 0 unspecified atom stereocenters. The summed E-state index contributed by atoms with van der Waals surface area (Å²) in [5.74, 6) is 1.18. The summed E-state index contributed by atoms with van der Waals surface area (Å²) in [4.78, 5) is 36.8. The predicted molar refractivity (Wildman–Crippen MR) is 125 cm³/mol. The number of cyclic esters (lactones) is 1. The summed E-state index contributed by atoms with van der Waals surface area (Å²) < 4.78 is 16.5. The van der Waals surface area contributed by atoms with Gasteiger partial charge in [-0.2, -0.15) is 0 Å². The zero-order valence-corrected chi connectivity index (χ0v) is 19.2. The van der Waals surface area contributed by atoms with E-state index >= 15 is 0 Å². The normalized spacial score (nSPS) is 17.1. The van der Waals surface area contributed by atoms with Crippen LogP contribution < -0.4 is 14.8 Å². The summed E-state index contributed by atoms with van der Waals surface area (Å²) in [6.45, 7) is 3.59. The van der Waals surface area contributed by atoms with Crippen molar-refractivity contribution < 1.29 is 28.6 Å². The lowest BCUT2D eigenvalue weighted by molar-refractivity contribution is -0.130. The lowest BCUT2D eigenvalue weighted by atomic mass is 9.95. The van der Waals surface area contributed by atoms with E-state index in [0.717, 1.165) is 18.4 Å². The van der Waals surface area contributed by atoms with Crippen molar-refractivity contribution in [2.75, 3.05) is 7.11 Å². The Morgan fingerprint density at radius 3 is 2.35 bits per heavy atom. The Morgan fingerprint density at radius 2 is 1.71 bits per heavy atom. The molecule has 34 heavy (non-hydrogen) atoms. The molecule has 1 aliphatic rings. The SMILES string of the molecule is CCCc1cc(C(=O)c2ccc(OC)cc2)ccc1Oc1cccc([C@]2(C)OC(=O)NC2=O)c1. The summed E-state index contributed by atoms with van der Waals surface area (Å²) >= 11 is 0. The molecule has 0 aliphatic carbocycles. The molecule has 174 valence electrons. The molecule has 3 aromatic rings. The molecule has 0 spiro atoms. The number of rotatable bonds is 8. The number of benzene rings is 3. The first-order chi connectivity index (χ1) is 16.3. The van der Waals surface area contributed by atoms with Crippen LogP contribution in [0.5, 0.6) is 17.2 Å². The molecule has 7 heteroatoms. The maximum atomic E-state index is 13.0. The van der Waals surface area contributed by atoms with E-state index in [1.165, 1.54) is 6.92 Å². The molecular weight excluding hydrogens is 434 g/mol. The van der Waals surface area contributed by atoms with Crippen LogP contribution >= 0.6 is 0 Å². The van der Waals surface area contributed by atoms with Crippen LogP contribution in [0.2, 0.25) is 0 Å². The lowest BCUT2D eigenvalue weighted by Gasteiger charge is -2.20. The molecule has 1 atom stereocenters. The number of ketones is 1. The Morgan fingerprint density at radius 1 is 0.971 bits per heavy atom. The number of hydrogen-bond donors (Lipinski definition) is 1. The standard InChI is InChI=1S/C27H25NO6/c1-4-6-18-15-19(24(29)17-9-12-21(32-3)13-10-17)11-14-23(18)33-22-8-5-7-20(16-22)27(2)25(30)28-26(31)34-27/h5,7-16H,4,6H2,1-3H3,(H,28,30,31)/t27-/m0/s1. The Hall–Kier alpha value is -4.13. The summed E-state index contributed by atoms with van der Waals surface area (Å²) in [6, 6.07) is 19.2. The second-order valence-corrected chi connectivity index (χ2v) is 8.14. The number of methoxy groups -OCH3 is 1. The van der Waals surface area contributed by atoms with Gasteiger partial charge in [-0.05, 0) is 73.5 Å². The molecule has 1 N–H and O–H groups in total. The molecule has 1 aliphatic heterocycles. The van der Waals surface area contributed by atoms with Crippen LogP contribution in [0.25, 0.3) is 0 Å². The van der Waals surface area contributed by atoms with Gasteiger partial charge in [0.05, 0.1) is 7.11 Å². The highest BCUT2D eigenvalue weighted by atomic mass is 16.6. The first-order valence-corrected chi connectivity index (χ1v) is 11.0. The van der Waals surface area contributed by atoms with E-state index in [1.54, 1.807) is 67.8 Å². The van der Waals surface area contributed by atoms with E-state index in [2.05, 4.69) is 12.2 Å². The van der Waals surface area contributed by atoms with Crippen LogP contribution in [-0.2, 0) is 21.6 Å². The fraction of sp³-hybridized carbons (Fsp3) is 0.222. The molecule has 4 rings (SSSR count). The van der Waals surface area contributed by atoms with Crippen molar-refractivity contribution in [2.45, 2.75) is 32.3 Å². The van der Waals surface area contributed by atoms with E-state index in [4.69, 9.17) is 14.2 Å². The van der Waals surface area contributed by atoms with E-state index in [1.807, 2.05) is 6.07 Å². The Bertz CT molecular complexity index is 1250. The van der Waals surface area contributed by atoms with Crippen molar-refractivity contribution in [3.05, 3.63) is 89.0 Å². The number of amides is 2. The third kappa shape index (κ3) is 4.50. The Labute approximate surface area is 197 Å². The molecule has 0 saturated carbocycles. The summed E-state index contributed by atoms with van der Waals surface area (Å²) in [5.41, 5.74) is 1.11. The number of carbonyl (C=O) groups is 3. The monoisotopic (exact) mass is 459 g/mol. The van der Waals surface area contributed by atoms with Crippen molar-refractivity contribution in [2.24, 2.45) is 0 Å². The van der Waals surface area contributed by atoms with Crippen molar-refractivity contribution in [3.63, 3.8) is 0 Å². The minimum atomic E-state index is -1.42. The summed E-state index contributed by atoms with van der Waals surface area (Å²) in [5, 5.41) is 2.16. The number of imide groups is 1. The summed E-state index contributed by atoms with van der Waals surface area (Å²) in [7, 11) is 1.58. The van der Waals surface area contributed by atoms with Crippen molar-refractivity contribution in [3.8, 4) is 17.2 Å². The van der Waals surface area contributed by atoms with Gasteiger partial charge in [0.1, 0.15) is 17.2 Å². The fourth-order valence-electron chi connectivity index (χ4n) is 3.84. The highest BCUT2D eigenvalue weighted by molar-refractivity contribution is 6.09. The highest BCUT2D eigenvalue weighted by Gasteiger charge is 2.46. The average molecular weight is 459 g/mol. The lowest BCUT2D eigenvalue weighted by Crippen LogP contribution is -2.33. The first kappa shape index (κ1) is 23.0. The van der Waals surface area contributed by atoms with Crippen LogP contribution in [0, 0.1) is 0 Å². The molecular formula is C27H25NO6. The van der Waals surface area contributed by atoms with E-state index in [9.17, 15) is 14.4 Å². The Kier molecular flexibility index (Phi) is 6.36. The third-order valence-electron chi connectivity index (χ3n) is 5.75. The molecule has 3 aromatic carbocycles. The fourth-order valence-corrected chi connectivity index (χ4v) is 3.84. The number of aryl methyl sites for hydroxylation is 1. The molecule has 0 bridgehead atoms. The average Bonchev–Trinajstić information content (AvgIpc) is 3.12.